The van der Waals surface area contributed by atoms with E-state index in [1.807, 2.05) is 6.92 Å². The highest BCUT2D eigenvalue weighted by Crippen LogP contribution is 2.24. The monoisotopic (exact) mass is 261 g/mol. The van der Waals surface area contributed by atoms with Crippen molar-refractivity contribution in [3.63, 3.8) is 0 Å². The van der Waals surface area contributed by atoms with Crippen LogP contribution >= 0.6 is 11.8 Å². The number of aryl methyl sites for hydroxylation is 2. The Morgan fingerprint density at radius 1 is 1.11 bits per heavy atom. The third kappa shape index (κ3) is 2.93. The first-order valence-electron chi connectivity index (χ1n) is 6.18. The fourth-order valence-corrected chi connectivity index (χ4v) is 2.94. The van der Waals surface area contributed by atoms with E-state index in [1.165, 1.54) is 11.1 Å². The van der Waals surface area contributed by atoms with E-state index in [0.29, 0.717) is 6.04 Å². The van der Waals surface area contributed by atoms with Crippen molar-refractivity contribution in [1.29, 1.82) is 0 Å². The van der Waals surface area contributed by atoms with Crippen LogP contribution in [-0.2, 0) is 5.75 Å². The molecule has 0 atom stereocenters. The molecule has 2 aromatic rings. The van der Waals surface area contributed by atoms with Gasteiger partial charge in [-0.1, -0.05) is 41.6 Å². The minimum atomic E-state index is 0.403. The second-order valence-electron chi connectivity index (χ2n) is 4.77. The van der Waals surface area contributed by atoms with E-state index in [2.05, 4.69) is 59.8 Å². The maximum absolute atomic E-state index is 4.25. The second-order valence-corrected chi connectivity index (χ2v) is 5.71. The van der Waals surface area contributed by atoms with Crippen LogP contribution in [0.4, 0.5) is 0 Å². The molecular formula is C14H19N3S. The molecule has 0 radical (unpaired) electrons. The summed E-state index contributed by atoms with van der Waals surface area (Å²) in [6, 6.07) is 9.04. The van der Waals surface area contributed by atoms with Crippen molar-refractivity contribution >= 4 is 11.8 Å². The van der Waals surface area contributed by atoms with Gasteiger partial charge in [0.15, 0.2) is 5.16 Å². The van der Waals surface area contributed by atoms with Crippen LogP contribution < -0.4 is 0 Å². The summed E-state index contributed by atoms with van der Waals surface area (Å²) in [5.74, 6) is 1.92. The molecule has 1 aromatic carbocycles. The van der Waals surface area contributed by atoms with Gasteiger partial charge in [-0.3, -0.25) is 0 Å². The summed E-state index contributed by atoms with van der Waals surface area (Å²) in [6.07, 6.45) is 0. The van der Waals surface area contributed by atoms with Crippen molar-refractivity contribution < 1.29 is 0 Å². The maximum atomic E-state index is 4.25. The van der Waals surface area contributed by atoms with Gasteiger partial charge in [-0.15, -0.1) is 10.2 Å². The molecule has 0 N–H and O–H groups in total. The predicted molar refractivity (Wildman–Crippen MR) is 75.9 cm³/mol. The first-order valence-corrected chi connectivity index (χ1v) is 7.16. The molecule has 0 amide bonds. The van der Waals surface area contributed by atoms with Gasteiger partial charge in [-0.2, -0.15) is 0 Å². The molecule has 0 fully saturated rings. The van der Waals surface area contributed by atoms with Crippen LogP contribution in [0.2, 0.25) is 0 Å². The maximum Gasteiger partial charge on any atom is 0.191 e. The Morgan fingerprint density at radius 2 is 1.78 bits per heavy atom. The Bertz CT molecular complexity index is 514. The van der Waals surface area contributed by atoms with Crippen LogP contribution in [0.5, 0.6) is 0 Å². The average Bonchev–Trinajstić information content (AvgIpc) is 2.70. The molecule has 0 spiro atoms. The molecule has 0 aliphatic carbocycles. The lowest BCUT2D eigenvalue weighted by atomic mass is 10.2. The van der Waals surface area contributed by atoms with Gasteiger partial charge in [0.2, 0.25) is 0 Å². The number of aromatic nitrogens is 3. The summed E-state index contributed by atoms with van der Waals surface area (Å²) in [4.78, 5) is 0. The molecular weight excluding hydrogens is 242 g/mol. The molecule has 0 saturated carbocycles. The second kappa shape index (κ2) is 5.57. The highest BCUT2D eigenvalue weighted by atomic mass is 32.2. The molecule has 0 saturated heterocycles. The van der Waals surface area contributed by atoms with Gasteiger partial charge in [0.05, 0.1) is 0 Å². The van der Waals surface area contributed by atoms with Crippen LogP contribution in [0.25, 0.3) is 0 Å². The lowest BCUT2D eigenvalue weighted by molar-refractivity contribution is 0.536. The molecule has 1 aromatic heterocycles. The zero-order valence-electron chi connectivity index (χ0n) is 11.3. The highest BCUT2D eigenvalue weighted by molar-refractivity contribution is 7.98. The molecule has 96 valence electrons. The van der Waals surface area contributed by atoms with Crippen molar-refractivity contribution in [3.8, 4) is 0 Å². The highest BCUT2D eigenvalue weighted by Gasteiger charge is 2.11. The van der Waals surface area contributed by atoms with E-state index in [-0.39, 0.29) is 0 Å². The molecule has 0 aliphatic rings. The smallest absolute Gasteiger partial charge is 0.191 e. The normalized spacial score (nSPS) is 11.2. The Morgan fingerprint density at radius 3 is 2.39 bits per heavy atom. The van der Waals surface area contributed by atoms with Gasteiger partial charge in [0.1, 0.15) is 5.82 Å². The standard InChI is InChI=1S/C14H19N3S/c1-10(2)17-12(4)15-16-14(17)18-9-13-7-5-11(3)6-8-13/h5-8,10H,9H2,1-4H3. The zero-order chi connectivity index (χ0) is 13.1. The topological polar surface area (TPSA) is 30.7 Å². The molecule has 3 nitrogen and oxygen atoms in total. The van der Waals surface area contributed by atoms with Crippen LogP contribution in [-0.4, -0.2) is 14.8 Å². The fraction of sp³-hybridized carbons (Fsp3) is 0.429. The van der Waals surface area contributed by atoms with Gasteiger partial charge in [-0.05, 0) is 33.3 Å². The fourth-order valence-electron chi connectivity index (χ4n) is 1.88. The molecule has 2 rings (SSSR count). The third-order valence-electron chi connectivity index (χ3n) is 2.84. The summed E-state index contributed by atoms with van der Waals surface area (Å²) in [7, 11) is 0. The van der Waals surface area contributed by atoms with Gasteiger partial charge in [0.25, 0.3) is 0 Å². The average molecular weight is 261 g/mol. The number of thioether (sulfide) groups is 1. The summed E-state index contributed by atoms with van der Waals surface area (Å²) in [6.45, 7) is 8.43. The minimum Gasteiger partial charge on any atom is -0.304 e. The molecule has 0 unspecified atom stereocenters. The van der Waals surface area contributed by atoms with Gasteiger partial charge < -0.3 is 4.57 Å². The number of hydrogen-bond donors (Lipinski definition) is 0. The number of rotatable bonds is 4. The Hall–Kier alpha value is -1.29. The zero-order valence-corrected chi connectivity index (χ0v) is 12.2. The van der Waals surface area contributed by atoms with E-state index >= 15 is 0 Å². The SMILES string of the molecule is Cc1ccc(CSc2nnc(C)n2C(C)C)cc1. The number of benzene rings is 1. The van der Waals surface area contributed by atoms with Gasteiger partial charge >= 0.3 is 0 Å². The summed E-state index contributed by atoms with van der Waals surface area (Å²) < 4.78 is 2.18. The summed E-state index contributed by atoms with van der Waals surface area (Å²) in [5.41, 5.74) is 2.62. The van der Waals surface area contributed by atoms with E-state index in [0.717, 1.165) is 16.7 Å². The van der Waals surface area contributed by atoms with Crippen molar-refractivity contribution in [2.45, 2.75) is 44.6 Å². The molecule has 1 heterocycles. The van der Waals surface area contributed by atoms with Crippen molar-refractivity contribution in [3.05, 3.63) is 41.2 Å². The first kappa shape index (κ1) is 13.1. The first-order chi connectivity index (χ1) is 8.58. The van der Waals surface area contributed by atoms with Crippen molar-refractivity contribution in [2.75, 3.05) is 0 Å². The molecule has 18 heavy (non-hydrogen) atoms. The van der Waals surface area contributed by atoms with Crippen molar-refractivity contribution in [2.24, 2.45) is 0 Å². The Labute approximate surface area is 113 Å². The molecule has 0 bridgehead atoms. The minimum absolute atomic E-state index is 0.403. The summed E-state index contributed by atoms with van der Waals surface area (Å²) >= 11 is 1.74. The largest absolute Gasteiger partial charge is 0.304 e. The quantitative estimate of drug-likeness (QED) is 0.785. The molecule has 0 aliphatic heterocycles. The van der Waals surface area contributed by atoms with E-state index in [4.69, 9.17) is 0 Å². The molecule has 4 heteroatoms. The van der Waals surface area contributed by atoms with Gasteiger partial charge in [-0.25, -0.2) is 0 Å². The number of nitrogens with zero attached hydrogens (tertiary/aromatic N) is 3. The Kier molecular flexibility index (Phi) is 4.07. The van der Waals surface area contributed by atoms with E-state index in [1.54, 1.807) is 11.8 Å². The third-order valence-corrected chi connectivity index (χ3v) is 3.85. The predicted octanol–water partition coefficient (Wildman–Crippen LogP) is 3.77. The van der Waals surface area contributed by atoms with Crippen molar-refractivity contribution in [1.82, 2.24) is 14.8 Å². The Balaban J connectivity index is 2.08. The van der Waals surface area contributed by atoms with Crippen LogP contribution in [0.1, 0.15) is 36.8 Å². The lowest BCUT2D eigenvalue weighted by Crippen LogP contribution is -2.04. The number of hydrogen-bond acceptors (Lipinski definition) is 3. The van der Waals surface area contributed by atoms with E-state index < -0.39 is 0 Å². The van der Waals surface area contributed by atoms with Crippen LogP contribution in [0, 0.1) is 13.8 Å². The van der Waals surface area contributed by atoms with Crippen LogP contribution in [0.15, 0.2) is 29.4 Å². The summed E-state index contributed by atoms with van der Waals surface area (Å²) in [5, 5.41) is 9.40. The van der Waals surface area contributed by atoms with E-state index in [9.17, 15) is 0 Å². The lowest BCUT2D eigenvalue weighted by Gasteiger charge is -2.11. The van der Waals surface area contributed by atoms with Crippen LogP contribution in [0.3, 0.4) is 0 Å². The van der Waals surface area contributed by atoms with Gasteiger partial charge in [0, 0.05) is 11.8 Å².